The highest BCUT2D eigenvalue weighted by atomic mass is 35.5. The number of rotatable bonds is 6. The second-order valence-corrected chi connectivity index (χ2v) is 4.97. The summed E-state index contributed by atoms with van der Waals surface area (Å²) in [6.45, 7) is 7.65. The molecule has 0 spiro atoms. The van der Waals surface area contributed by atoms with Gasteiger partial charge < -0.3 is 4.90 Å². The third kappa shape index (κ3) is 4.19. The van der Waals surface area contributed by atoms with Gasteiger partial charge in [0.15, 0.2) is 0 Å². The zero-order valence-electron chi connectivity index (χ0n) is 11.3. The lowest BCUT2D eigenvalue weighted by Crippen LogP contribution is -2.24. The van der Waals surface area contributed by atoms with Crippen molar-refractivity contribution in [1.29, 1.82) is 0 Å². The van der Waals surface area contributed by atoms with Crippen LogP contribution in [0.25, 0.3) is 0 Å². The van der Waals surface area contributed by atoms with Crippen LogP contribution in [0.2, 0.25) is 0 Å². The van der Waals surface area contributed by atoms with Crippen molar-refractivity contribution >= 4 is 17.4 Å². The summed E-state index contributed by atoms with van der Waals surface area (Å²) in [7, 11) is 2.10. The lowest BCUT2D eigenvalue weighted by atomic mass is 10.1. The Morgan fingerprint density at radius 1 is 1.35 bits per heavy atom. The van der Waals surface area contributed by atoms with Crippen LogP contribution in [0.4, 0.5) is 5.82 Å². The van der Waals surface area contributed by atoms with Gasteiger partial charge in [0.2, 0.25) is 0 Å². The molecule has 0 saturated heterocycles. The molecule has 1 rings (SSSR count). The number of nitrogens with zero attached hydrogens (tertiary/aromatic N) is 2. The van der Waals surface area contributed by atoms with E-state index in [1.54, 1.807) is 0 Å². The molecule has 3 heteroatoms. The van der Waals surface area contributed by atoms with E-state index in [2.05, 4.69) is 49.8 Å². The molecule has 0 radical (unpaired) electrons. The van der Waals surface area contributed by atoms with Gasteiger partial charge in [-0.15, -0.1) is 11.6 Å². The fourth-order valence-electron chi connectivity index (χ4n) is 1.78. The molecule has 0 fully saturated rings. The standard InChI is InChI=1S/C14H23ClN2/c1-5-11(3)10-17(4)14-8-12(9-15)7-13(6-2)16-14/h7-8,11H,5-6,9-10H2,1-4H3. The Balaban J connectivity index is 2.88. The van der Waals surface area contributed by atoms with E-state index in [4.69, 9.17) is 11.6 Å². The maximum absolute atomic E-state index is 5.92. The third-order valence-electron chi connectivity index (χ3n) is 3.11. The predicted molar refractivity (Wildman–Crippen MR) is 75.9 cm³/mol. The number of alkyl halides is 1. The second kappa shape index (κ2) is 6.85. The van der Waals surface area contributed by atoms with Crippen LogP contribution in [0.1, 0.15) is 38.4 Å². The summed E-state index contributed by atoms with van der Waals surface area (Å²) in [6, 6.07) is 4.18. The van der Waals surface area contributed by atoms with Crippen molar-refractivity contribution in [3.05, 3.63) is 23.4 Å². The zero-order valence-corrected chi connectivity index (χ0v) is 12.1. The Hall–Kier alpha value is -0.760. The first-order valence-electron chi connectivity index (χ1n) is 6.37. The van der Waals surface area contributed by atoms with Crippen molar-refractivity contribution < 1.29 is 0 Å². The van der Waals surface area contributed by atoms with Gasteiger partial charge in [0, 0.05) is 25.2 Å². The smallest absolute Gasteiger partial charge is 0.128 e. The first-order chi connectivity index (χ1) is 8.10. The molecule has 0 aliphatic rings. The average molecular weight is 255 g/mol. The largest absolute Gasteiger partial charge is 0.359 e. The van der Waals surface area contributed by atoms with Gasteiger partial charge in [-0.1, -0.05) is 27.2 Å². The maximum atomic E-state index is 5.92. The molecule has 0 N–H and O–H groups in total. The first kappa shape index (κ1) is 14.3. The Kier molecular flexibility index (Phi) is 5.76. The van der Waals surface area contributed by atoms with Crippen LogP contribution in [0.5, 0.6) is 0 Å². The topological polar surface area (TPSA) is 16.1 Å². The third-order valence-corrected chi connectivity index (χ3v) is 3.42. The molecule has 1 heterocycles. The number of hydrogen-bond acceptors (Lipinski definition) is 2. The summed E-state index contributed by atoms with van der Waals surface area (Å²) in [5.41, 5.74) is 2.28. The fourth-order valence-corrected chi connectivity index (χ4v) is 1.93. The van der Waals surface area contributed by atoms with Crippen LogP contribution in [0.3, 0.4) is 0 Å². The maximum Gasteiger partial charge on any atom is 0.128 e. The van der Waals surface area contributed by atoms with Crippen molar-refractivity contribution in [2.45, 2.75) is 39.5 Å². The Morgan fingerprint density at radius 2 is 2.06 bits per heavy atom. The summed E-state index contributed by atoms with van der Waals surface area (Å²) in [6.07, 6.45) is 2.15. The molecule has 0 bridgehead atoms. The van der Waals surface area contributed by atoms with Gasteiger partial charge >= 0.3 is 0 Å². The molecule has 1 aromatic heterocycles. The molecule has 1 atom stereocenters. The molecule has 1 unspecified atom stereocenters. The highest BCUT2D eigenvalue weighted by Gasteiger charge is 2.09. The molecular weight excluding hydrogens is 232 g/mol. The van der Waals surface area contributed by atoms with Crippen molar-refractivity contribution in [2.24, 2.45) is 5.92 Å². The lowest BCUT2D eigenvalue weighted by molar-refractivity contribution is 0.557. The minimum atomic E-state index is 0.555. The lowest BCUT2D eigenvalue weighted by Gasteiger charge is -2.22. The van der Waals surface area contributed by atoms with Gasteiger partial charge in [0.25, 0.3) is 0 Å². The van der Waals surface area contributed by atoms with Crippen LogP contribution in [0.15, 0.2) is 12.1 Å². The van der Waals surface area contributed by atoms with E-state index in [1.807, 2.05) is 0 Å². The zero-order chi connectivity index (χ0) is 12.8. The average Bonchev–Trinajstić information content (AvgIpc) is 2.37. The molecule has 0 amide bonds. The molecule has 0 aliphatic carbocycles. The van der Waals surface area contributed by atoms with Crippen LogP contribution < -0.4 is 4.90 Å². The summed E-state index contributed by atoms with van der Waals surface area (Å²) in [4.78, 5) is 6.88. The summed E-state index contributed by atoms with van der Waals surface area (Å²) >= 11 is 5.92. The van der Waals surface area contributed by atoms with Crippen LogP contribution in [0, 0.1) is 5.92 Å². The minimum Gasteiger partial charge on any atom is -0.359 e. The van der Waals surface area contributed by atoms with Crippen LogP contribution in [-0.4, -0.2) is 18.6 Å². The number of halogens is 1. The number of aryl methyl sites for hydroxylation is 1. The molecule has 0 aliphatic heterocycles. The molecule has 0 aromatic carbocycles. The Labute approximate surface area is 110 Å². The quantitative estimate of drug-likeness (QED) is 0.717. The van der Waals surface area contributed by atoms with Gasteiger partial charge in [0.1, 0.15) is 5.82 Å². The number of hydrogen-bond donors (Lipinski definition) is 0. The molecule has 0 saturated carbocycles. The monoisotopic (exact) mass is 254 g/mol. The van der Waals surface area contributed by atoms with Crippen LogP contribution in [-0.2, 0) is 12.3 Å². The molecule has 96 valence electrons. The molecule has 2 nitrogen and oxygen atoms in total. The highest BCUT2D eigenvalue weighted by molar-refractivity contribution is 6.17. The van der Waals surface area contributed by atoms with E-state index in [1.165, 1.54) is 6.42 Å². The van der Waals surface area contributed by atoms with Crippen molar-refractivity contribution in [3.63, 3.8) is 0 Å². The number of pyridine rings is 1. The van der Waals surface area contributed by atoms with Crippen LogP contribution >= 0.6 is 11.6 Å². The van der Waals surface area contributed by atoms with E-state index < -0.39 is 0 Å². The van der Waals surface area contributed by atoms with Gasteiger partial charge in [0.05, 0.1) is 0 Å². The highest BCUT2D eigenvalue weighted by Crippen LogP contribution is 2.17. The van der Waals surface area contributed by atoms with Gasteiger partial charge in [-0.3, -0.25) is 0 Å². The second-order valence-electron chi connectivity index (χ2n) is 4.71. The van der Waals surface area contributed by atoms with E-state index in [0.717, 1.165) is 30.0 Å². The Bertz CT molecular complexity index is 330. The SMILES string of the molecule is CCc1cc(CCl)cc(N(C)CC(C)CC)n1. The predicted octanol–water partition coefficient (Wildman–Crippen LogP) is 3.87. The van der Waals surface area contributed by atoms with E-state index in [9.17, 15) is 0 Å². The molecular formula is C14H23ClN2. The normalized spacial score (nSPS) is 12.5. The molecule has 1 aromatic rings. The summed E-state index contributed by atoms with van der Waals surface area (Å²) in [5, 5.41) is 0. The molecule has 17 heavy (non-hydrogen) atoms. The van der Waals surface area contributed by atoms with E-state index in [0.29, 0.717) is 11.8 Å². The summed E-state index contributed by atoms with van der Waals surface area (Å²) < 4.78 is 0. The van der Waals surface area contributed by atoms with Gasteiger partial charge in [-0.2, -0.15) is 0 Å². The van der Waals surface area contributed by atoms with Crippen molar-refractivity contribution in [1.82, 2.24) is 4.98 Å². The van der Waals surface area contributed by atoms with Gasteiger partial charge in [-0.05, 0) is 30.0 Å². The number of aromatic nitrogens is 1. The fraction of sp³-hybridized carbons (Fsp3) is 0.643. The first-order valence-corrected chi connectivity index (χ1v) is 6.91. The van der Waals surface area contributed by atoms with Crippen molar-refractivity contribution in [3.8, 4) is 0 Å². The summed E-state index contributed by atoms with van der Waals surface area (Å²) in [5.74, 6) is 2.28. The van der Waals surface area contributed by atoms with E-state index in [-0.39, 0.29) is 0 Å². The van der Waals surface area contributed by atoms with Gasteiger partial charge in [-0.25, -0.2) is 4.98 Å². The number of anilines is 1. The minimum absolute atomic E-state index is 0.555. The van der Waals surface area contributed by atoms with Crippen molar-refractivity contribution in [2.75, 3.05) is 18.5 Å². The van der Waals surface area contributed by atoms with E-state index >= 15 is 0 Å². The Morgan fingerprint density at radius 3 is 2.59 bits per heavy atom.